The van der Waals surface area contributed by atoms with Gasteiger partial charge in [0.1, 0.15) is 18.1 Å². The van der Waals surface area contributed by atoms with Crippen molar-refractivity contribution in [3.05, 3.63) is 35.9 Å². The Morgan fingerprint density at radius 3 is 1.97 bits per heavy atom. The Morgan fingerprint density at radius 2 is 1.42 bits per heavy atom. The molecule has 0 aliphatic heterocycles. The number of nitrogens with one attached hydrogen (secondary N) is 3. The van der Waals surface area contributed by atoms with Crippen LogP contribution in [0, 0.1) is 0 Å². The van der Waals surface area contributed by atoms with Crippen LogP contribution < -0.4 is 27.4 Å². The fraction of sp³-hybridized carbons (Fsp3) is 0.524. The zero-order valence-corrected chi connectivity index (χ0v) is 20.1. The zero-order valence-electron chi connectivity index (χ0n) is 18.3. The second-order valence-electron chi connectivity index (χ2n) is 7.47. The lowest BCUT2D eigenvalue weighted by atomic mass is 10.0. The third-order valence-electron chi connectivity index (χ3n) is 4.83. The molecule has 0 saturated carbocycles. The summed E-state index contributed by atoms with van der Waals surface area (Å²) in [7, 11) is 0. The first-order chi connectivity index (χ1) is 15.7. The summed E-state index contributed by atoms with van der Waals surface area (Å²) in [6, 6.07) is 4.76. The van der Waals surface area contributed by atoms with Gasteiger partial charge in [-0.05, 0) is 31.4 Å². The Hall–Kier alpha value is -2.28. The summed E-state index contributed by atoms with van der Waals surface area (Å²) in [5.41, 5.74) is 11.9. The normalized spacial score (nSPS) is 14.4. The van der Waals surface area contributed by atoms with E-state index in [2.05, 4.69) is 41.2 Å². The highest BCUT2D eigenvalue weighted by Crippen LogP contribution is 2.07. The average Bonchev–Trinajstić information content (AvgIpc) is 2.81. The number of carbonyl (C=O) groups excluding carboxylic acids is 3. The summed E-state index contributed by atoms with van der Waals surface area (Å²) >= 11 is 8.05. The molecule has 3 amide bonds. The van der Waals surface area contributed by atoms with Gasteiger partial charge in [-0.2, -0.15) is 25.3 Å². The first-order valence-corrected chi connectivity index (χ1v) is 11.8. The molecular weight excluding hydrogens is 466 g/mol. The smallest absolute Gasteiger partial charge is 0.326 e. The molecule has 0 saturated heterocycles. The van der Waals surface area contributed by atoms with Crippen LogP contribution in [-0.2, 0) is 25.6 Å². The molecular formula is C21H33N5O5S2. The molecule has 0 heterocycles. The number of carbonyl (C=O) groups is 4. The second-order valence-corrected chi connectivity index (χ2v) is 8.20. The quantitative estimate of drug-likeness (QED) is 0.114. The minimum atomic E-state index is -1.19. The van der Waals surface area contributed by atoms with Gasteiger partial charge >= 0.3 is 5.97 Å². The van der Waals surface area contributed by atoms with Crippen molar-refractivity contribution in [2.45, 2.75) is 49.9 Å². The predicted octanol–water partition coefficient (Wildman–Crippen LogP) is -0.916. The number of aliphatic carboxylic acids is 1. The number of thiol groups is 2. The Morgan fingerprint density at radius 1 is 0.848 bits per heavy atom. The van der Waals surface area contributed by atoms with Crippen LogP contribution in [0.5, 0.6) is 0 Å². The highest BCUT2D eigenvalue weighted by atomic mass is 32.1. The molecule has 12 heteroatoms. The van der Waals surface area contributed by atoms with Crippen molar-refractivity contribution < 1.29 is 24.3 Å². The van der Waals surface area contributed by atoms with E-state index in [1.54, 1.807) is 30.3 Å². The number of rotatable bonds is 15. The van der Waals surface area contributed by atoms with Crippen molar-refractivity contribution in [1.82, 2.24) is 16.0 Å². The molecule has 10 nitrogen and oxygen atoms in total. The first kappa shape index (κ1) is 28.8. The molecule has 4 atom stereocenters. The van der Waals surface area contributed by atoms with Crippen molar-refractivity contribution in [2.24, 2.45) is 11.5 Å². The molecule has 0 radical (unpaired) electrons. The lowest BCUT2D eigenvalue weighted by Crippen LogP contribution is -2.58. The maximum absolute atomic E-state index is 12.9. The monoisotopic (exact) mass is 499 g/mol. The second kappa shape index (κ2) is 15.5. The molecule has 1 rings (SSSR count). The van der Waals surface area contributed by atoms with Crippen LogP contribution in [0.1, 0.15) is 24.8 Å². The third kappa shape index (κ3) is 10.5. The molecule has 4 unspecified atom stereocenters. The number of unbranched alkanes of at least 4 members (excludes halogenated alkanes) is 1. The number of carboxylic acid groups (broad SMARTS) is 1. The molecule has 0 aliphatic carbocycles. The predicted molar refractivity (Wildman–Crippen MR) is 132 cm³/mol. The zero-order chi connectivity index (χ0) is 24.8. The largest absolute Gasteiger partial charge is 0.480 e. The maximum Gasteiger partial charge on any atom is 0.326 e. The Balaban J connectivity index is 2.90. The van der Waals surface area contributed by atoms with Gasteiger partial charge in [-0.15, -0.1) is 0 Å². The van der Waals surface area contributed by atoms with E-state index in [0.717, 1.165) is 5.56 Å². The van der Waals surface area contributed by atoms with Crippen LogP contribution in [0.25, 0.3) is 0 Å². The molecule has 0 aromatic heterocycles. The molecule has 1 aromatic rings. The number of nitrogens with two attached hydrogens (primary N) is 2. The van der Waals surface area contributed by atoms with Crippen LogP contribution in [0.3, 0.4) is 0 Å². The van der Waals surface area contributed by atoms with E-state index < -0.39 is 47.9 Å². The van der Waals surface area contributed by atoms with Crippen molar-refractivity contribution in [2.75, 3.05) is 18.1 Å². The summed E-state index contributed by atoms with van der Waals surface area (Å²) in [5, 5.41) is 17.1. The van der Waals surface area contributed by atoms with E-state index in [9.17, 15) is 24.3 Å². The van der Waals surface area contributed by atoms with Gasteiger partial charge in [0, 0.05) is 17.9 Å². The molecule has 0 spiro atoms. The molecule has 0 bridgehead atoms. The molecule has 0 fully saturated rings. The summed E-state index contributed by atoms with van der Waals surface area (Å²) in [4.78, 5) is 49.4. The van der Waals surface area contributed by atoms with E-state index in [0.29, 0.717) is 19.4 Å². The van der Waals surface area contributed by atoms with Gasteiger partial charge in [-0.1, -0.05) is 30.3 Å². The fourth-order valence-electron chi connectivity index (χ4n) is 2.91. The van der Waals surface area contributed by atoms with Gasteiger partial charge in [-0.25, -0.2) is 4.79 Å². The summed E-state index contributed by atoms with van der Waals surface area (Å²) < 4.78 is 0. The number of benzene rings is 1. The van der Waals surface area contributed by atoms with E-state index in [4.69, 9.17) is 11.5 Å². The summed E-state index contributed by atoms with van der Waals surface area (Å²) in [6.45, 7) is 0.408. The Bertz CT molecular complexity index is 784. The third-order valence-corrected chi connectivity index (χ3v) is 5.58. The van der Waals surface area contributed by atoms with Crippen molar-refractivity contribution in [3.8, 4) is 0 Å². The maximum atomic E-state index is 12.9. The van der Waals surface area contributed by atoms with Crippen LogP contribution in [0.15, 0.2) is 30.3 Å². The summed E-state index contributed by atoms with van der Waals surface area (Å²) in [6.07, 6.45) is 1.49. The highest BCUT2D eigenvalue weighted by molar-refractivity contribution is 7.80. The van der Waals surface area contributed by atoms with E-state index in [1.807, 2.05) is 0 Å². The van der Waals surface area contributed by atoms with Gasteiger partial charge < -0.3 is 32.5 Å². The number of hydrogen-bond donors (Lipinski definition) is 8. The SMILES string of the molecule is NCCCCC(NC(=O)C(CS)NC(=O)C(N)CS)C(=O)NC(Cc1ccccc1)C(=O)O. The van der Waals surface area contributed by atoms with Crippen LogP contribution in [-0.4, -0.2) is 71.0 Å². The minimum Gasteiger partial charge on any atom is -0.480 e. The lowest BCUT2D eigenvalue weighted by Gasteiger charge is -2.24. The van der Waals surface area contributed by atoms with E-state index in [-0.39, 0.29) is 24.3 Å². The topological polar surface area (TPSA) is 177 Å². The summed E-state index contributed by atoms with van der Waals surface area (Å²) in [5.74, 6) is -2.97. The van der Waals surface area contributed by atoms with E-state index in [1.165, 1.54) is 0 Å². The number of carboxylic acids is 1. The molecule has 0 aliphatic rings. The van der Waals surface area contributed by atoms with Crippen molar-refractivity contribution >= 4 is 48.9 Å². The van der Waals surface area contributed by atoms with Gasteiger partial charge in [-0.3, -0.25) is 14.4 Å². The Labute approximate surface area is 204 Å². The standard InChI is InChI=1S/C21H33N5O5S2/c22-9-5-4-8-15(24-20(29)17(12-33)26-18(27)14(23)11-32)19(28)25-16(21(30)31)10-13-6-2-1-3-7-13/h1-3,6-7,14-17,32-33H,4-5,8-12,22-23H2,(H,24,29)(H,25,28)(H,26,27)(H,30,31). The van der Waals surface area contributed by atoms with Crippen LogP contribution >= 0.6 is 25.3 Å². The number of hydrogen-bond acceptors (Lipinski definition) is 8. The van der Waals surface area contributed by atoms with Crippen LogP contribution in [0.4, 0.5) is 0 Å². The molecule has 1 aromatic carbocycles. The number of amides is 3. The average molecular weight is 500 g/mol. The van der Waals surface area contributed by atoms with Crippen molar-refractivity contribution in [3.63, 3.8) is 0 Å². The fourth-order valence-corrected chi connectivity index (χ4v) is 3.33. The molecule has 33 heavy (non-hydrogen) atoms. The molecule has 8 N–H and O–H groups in total. The Kier molecular flexibility index (Phi) is 13.5. The van der Waals surface area contributed by atoms with Crippen LogP contribution in [0.2, 0.25) is 0 Å². The first-order valence-electron chi connectivity index (χ1n) is 10.6. The van der Waals surface area contributed by atoms with E-state index >= 15 is 0 Å². The molecule has 184 valence electrons. The minimum absolute atomic E-state index is 0.0280. The van der Waals surface area contributed by atoms with Gasteiger partial charge in [0.15, 0.2) is 0 Å². The van der Waals surface area contributed by atoms with Crippen molar-refractivity contribution in [1.29, 1.82) is 0 Å². The highest BCUT2D eigenvalue weighted by Gasteiger charge is 2.29. The van der Waals surface area contributed by atoms with Gasteiger partial charge in [0.05, 0.1) is 6.04 Å². The van der Waals surface area contributed by atoms with Gasteiger partial charge in [0.25, 0.3) is 0 Å². The lowest BCUT2D eigenvalue weighted by molar-refractivity contribution is -0.142. The van der Waals surface area contributed by atoms with Gasteiger partial charge in [0.2, 0.25) is 17.7 Å².